The summed E-state index contributed by atoms with van der Waals surface area (Å²) >= 11 is 0. The number of aliphatic hydroxyl groups excluding tert-OH is 1. The first-order valence-corrected chi connectivity index (χ1v) is 9.06. The number of ether oxygens (including phenoxy) is 1. The fraction of sp³-hybridized carbons (Fsp3) is 0.550. The summed E-state index contributed by atoms with van der Waals surface area (Å²) in [7, 11) is 1.67. The normalized spacial score (nSPS) is 28.1. The van der Waals surface area contributed by atoms with Crippen LogP contribution in [0.25, 0.3) is 10.9 Å². The quantitative estimate of drug-likeness (QED) is 0.836. The zero-order valence-electron chi connectivity index (χ0n) is 15.3. The molecule has 2 bridgehead atoms. The molecule has 5 rings (SSSR count). The van der Waals surface area contributed by atoms with Gasteiger partial charge >= 0.3 is 0 Å². The molecule has 0 aliphatic carbocycles. The molecule has 0 amide bonds. The highest BCUT2D eigenvalue weighted by Gasteiger charge is 2.42. The lowest BCUT2D eigenvalue weighted by atomic mass is 9.72. The van der Waals surface area contributed by atoms with Crippen LogP contribution in [0.3, 0.4) is 0 Å². The van der Waals surface area contributed by atoms with Crippen molar-refractivity contribution in [3.8, 4) is 5.75 Å². The molecule has 4 heterocycles. The Labute approximate surface area is 167 Å². The molecule has 5 atom stereocenters. The highest BCUT2D eigenvalue weighted by Crippen LogP contribution is 2.42. The standard InChI is InChI=1S/C20H26N2O2.2ClH/c1-3-13-12-22-9-7-14(13)10-19(22)20(23)16-6-8-21-18-5-4-15(24-2)11-17(16)18;;/h4-6,8,11,13-14,19-20,23H,3,7,9-10,12H2,1-2H3;2*1H/t13?,14-,19-,20-;;/m0../s1. The van der Waals surface area contributed by atoms with Gasteiger partial charge in [0, 0.05) is 24.2 Å². The molecule has 3 aliphatic heterocycles. The van der Waals surface area contributed by atoms with Crippen LogP contribution < -0.4 is 4.74 Å². The molecule has 2 aromatic rings. The molecule has 3 aliphatic rings. The van der Waals surface area contributed by atoms with E-state index in [1.165, 1.54) is 12.8 Å². The maximum atomic E-state index is 11.2. The topological polar surface area (TPSA) is 45.6 Å². The molecular weight excluding hydrogens is 371 g/mol. The first kappa shape index (κ1) is 21.2. The van der Waals surface area contributed by atoms with E-state index in [2.05, 4.69) is 16.8 Å². The van der Waals surface area contributed by atoms with Crippen molar-refractivity contribution >= 4 is 35.7 Å². The highest BCUT2D eigenvalue weighted by molar-refractivity contribution is 5.85. The maximum Gasteiger partial charge on any atom is 0.119 e. The molecule has 144 valence electrons. The van der Waals surface area contributed by atoms with Crippen LogP contribution in [0, 0.1) is 11.8 Å². The average Bonchev–Trinajstić information content (AvgIpc) is 2.66. The summed E-state index contributed by atoms with van der Waals surface area (Å²) < 4.78 is 5.36. The average molecular weight is 399 g/mol. The minimum Gasteiger partial charge on any atom is -0.497 e. The lowest BCUT2D eigenvalue weighted by Gasteiger charge is -2.51. The van der Waals surface area contributed by atoms with Gasteiger partial charge in [-0.05, 0) is 61.1 Å². The Morgan fingerprint density at radius 2 is 2.12 bits per heavy atom. The summed E-state index contributed by atoms with van der Waals surface area (Å²) in [6.45, 7) is 4.55. The van der Waals surface area contributed by atoms with Gasteiger partial charge in [0.15, 0.2) is 0 Å². The number of rotatable bonds is 4. The van der Waals surface area contributed by atoms with Gasteiger partial charge in [0.2, 0.25) is 0 Å². The smallest absolute Gasteiger partial charge is 0.119 e. The fourth-order valence-corrected chi connectivity index (χ4v) is 4.71. The molecule has 6 heteroatoms. The van der Waals surface area contributed by atoms with E-state index in [0.29, 0.717) is 0 Å². The number of piperidine rings is 3. The van der Waals surface area contributed by atoms with Crippen molar-refractivity contribution < 1.29 is 9.84 Å². The van der Waals surface area contributed by atoms with Crippen molar-refractivity contribution in [2.75, 3.05) is 20.2 Å². The Balaban J connectivity index is 0.00000121. The van der Waals surface area contributed by atoms with Crippen molar-refractivity contribution in [2.45, 2.75) is 38.3 Å². The third kappa shape index (κ3) is 3.65. The summed E-state index contributed by atoms with van der Waals surface area (Å²) in [5.74, 6) is 2.37. The van der Waals surface area contributed by atoms with Crippen LogP contribution in [0.2, 0.25) is 0 Å². The summed E-state index contributed by atoms with van der Waals surface area (Å²) in [4.78, 5) is 6.94. The van der Waals surface area contributed by atoms with Gasteiger partial charge in [-0.2, -0.15) is 0 Å². The van der Waals surface area contributed by atoms with Gasteiger partial charge in [-0.3, -0.25) is 9.88 Å². The number of halogens is 2. The van der Waals surface area contributed by atoms with E-state index in [1.807, 2.05) is 24.3 Å². The lowest BCUT2D eigenvalue weighted by Crippen LogP contribution is -2.55. The molecule has 0 radical (unpaired) electrons. The summed E-state index contributed by atoms with van der Waals surface area (Å²) in [6, 6.07) is 8.07. The van der Waals surface area contributed by atoms with Crippen LogP contribution in [0.5, 0.6) is 5.75 Å². The Hall–Kier alpha value is -1.07. The van der Waals surface area contributed by atoms with Crippen LogP contribution in [0.4, 0.5) is 0 Å². The minimum absolute atomic E-state index is 0. The Morgan fingerprint density at radius 1 is 1.31 bits per heavy atom. The number of fused-ring (bicyclic) bond motifs is 4. The predicted octanol–water partition coefficient (Wildman–Crippen LogP) is 4.24. The van der Waals surface area contributed by atoms with Gasteiger partial charge in [0.05, 0.1) is 18.7 Å². The monoisotopic (exact) mass is 398 g/mol. The largest absolute Gasteiger partial charge is 0.497 e. The van der Waals surface area contributed by atoms with Crippen LogP contribution in [-0.2, 0) is 0 Å². The van der Waals surface area contributed by atoms with E-state index in [9.17, 15) is 5.11 Å². The van der Waals surface area contributed by atoms with Crippen molar-refractivity contribution in [2.24, 2.45) is 11.8 Å². The second-order valence-corrected chi connectivity index (χ2v) is 7.24. The fourth-order valence-electron chi connectivity index (χ4n) is 4.71. The first-order chi connectivity index (χ1) is 11.7. The molecule has 0 spiro atoms. The van der Waals surface area contributed by atoms with E-state index in [1.54, 1.807) is 13.3 Å². The number of nitrogens with zero attached hydrogens (tertiary/aromatic N) is 2. The minimum atomic E-state index is -0.469. The van der Waals surface area contributed by atoms with Gasteiger partial charge in [-0.25, -0.2) is 0 Å². The molecule has 1 aromatic carbocycles. The summed E-state index contributed by atoms with van der Waals surface area (Å²) in [5, 5.41) is 12.2. The van der Waals surface area contributed by atoms with Crippen LogP contribution in [0.15, 0.2) is 30.5 Å². The Bertz CT molecular complexity index is 743. The van der Waals surface area contributed by atoms with E-state index >= 15 is 0 Å². The van der Waals surface area contributed by atoms with Crippen molar-refractivity contribution in [3.63, 3.8) is 0 Å². The van der Waals surface area contributed by atoms with Gasteiger partial charge in [0.1, 0.15) is 5.75 Å². The van der Waals surface area contributed by atoms with Gasteiger partial charge in [-0.15, -0.1) is 24.8 Å². The summed E-state index contributed by atoms with van der Waals surface area (Å²) in [5.41, 5.74) is 1.89. The van der Waals surface area contributed by atoms with Crippen molar-refractivity contribution in [3.05, 3.63) is 36.0 Å². The van der Waals surface area contributed by atoms with E-state index < -0.39 is 6.10 Å². The van der Waals surface area contributed by atoms with Crippen molar-refractivity contribution in [1.82, 2.24) is 9.88 Å². The van der Waals surface area contributed by atoms with Crippen LogP contribution in [-0.4, -0.2) is 41.2 Å². The number of hydrogen-bond acceptors (Lipinski definition) is 4. The van der Waals surface area contributed by atoms with Gasteiger partial charge < -0.3 is 9.84 Å². The van der Waals surface area contributed by atoms with Gasteiger partial charge in [-0.1, -0.05) is 13.3 Å². The second kappa shape index (κ2) is 8.75. The first-order valence-electron chi connectivity index (χ1n) is 9.06. The van der Waals surface area contributed by atoms with Crippen molar-refractivity contribution in [1.29, 1.82) is 0 Å². The third-order valence-electron chi connectivity index (χ3n) is 6.13. The molecule has 4 nitrogen and oxygen atoms in total. The molecular formula is C20H28Cl2N2O2. The number of benzene rings is 1. The highest BCUT2D eigenvalue weighted by atomic mass is 35.5. The molecule has 2 unspecified atom stereocenters. The van der Waals surface area contributed by atoms with Crippen LogP contribution in [0.1, 0.15) is 37.9 Å². The molecule has 3 fully saturated rings. The zero-order chi connectivity index (χ0) is 16.7. The maximum absolute atomic E-state index is 11.2. The zero-order valence-corrected chi connectivity index (χ0v) is 16.9. The molecule has 1 aromatic heterocycles. The number of methoxy groups -OCH3 is 1. The van der Waals surface area contributed by atoms with E-state index in [0.717, 1.165) is 53.6 Å². The molecule has 3 saturated heterocycles. The Kier molecular flexibility index (Phi) is 7.14. The Morgan fingerprint density at radius 3 is 2.77 bits per heavy atom. The van der Waals surface area contributed by atoms with Crippen LogP contribution >= 0.6 is 24.8 Å². The van der Waals surface area contributed by atoms with E-state index in [4.69, 9.17) is 4.74 Å². The predicted molar refractivity (Wildman–Crippen MR) is 110 cm³/mol. The van der Waals surface area contributed by atoms with Gasteiger partial charge in [0.25, 0.3) is 0 Å². The molecule has 1 N–H and O–H groups in total. The summed E-state index contributed by atoms with van der Waals surface area (Å²) in [6.07, 6.45) is 4.97. The third-order valence-corrected chi connectivity index (χ3v) is 6.13. The lowest BCUT2D eigenvalue weighted by molar-refractivity contribution is -0.0562. The van der Waals surface area contributed by atoms with E-state index in [-0.39, 0.29) is 30.9 Å². The second-order valence-electron chi connectivity index (χ2n) is 7.24. The SMILES string of the molecule is CCC1CN2CC[C@H]1C[C@H]2[C@@H](O)c1ccnc2ccc(OC)cc12.Cl.Cl. The molecule has 26 heavy (non-hydrogen) atoms. The number of hydrogen-bond donors (Lipinski definition) is 1. The number of pyridine rings is 1. The number of aromatic nitrogens is 1. The number of aliphatic hydroxyl groups is 1. The molecule has 0 saturated carbocycles.